The molecule has 3 heterocycles. The van der Waals surface area contributed by atoms with Crippen molar-refractivity contribution in [2.24, 2.45) is 26.6 Å². The second kappa shape index (κ2) is 14.4. The predicted molar refractivity (Wildman–Crippen MR) is 191 cm³/mol. The second-order valence-corrected chi connectivity index (χ2v) is 13.6. The summed E-state index contributed by atoms with van der Waals surface area (Å²) in [5.74, 6) is 1.53. The molecule has 0 saturated carbocycles. The third-order valence-electron chi connectivity index (χ3n) is 9.01. The Morgan fingerprint density at radius 2 is 1.80 bits per heavy atom. The fourth-order valence-electron chi connectivity index (χ4n) is 6.02. The summed E-state index contributed by atoms with van der Waals surface area (Å²) >= 11 is 0. The summed E-state index contributed by atoms with van der Waals surface area (Å²) in [6.45, 7) is 19.4. The van der Waals surface area contributed by atoms with E-state index in [2.05, 4.69) is 75.8 Å². The summed E-state index contributed by atoms with van der Waals surface area (Å²) in [6.07, 6.45) is 5.71. The number of carbonyl (C=O) groups excluding carboxylic acids is 1. The number of nitrogens with two attached hydrogens (primary N) is 1. The number of piperazine rings is 1. The van der Waals surface area contributed by atoms with Crippen LogP contribution < -0.4 is 16.4 Å². The Balaban J connectivity index is 1.29. The predicted octanol–water partition coefficient (Wildman–Crippen LogP) is 5.07. The van der Waals surface area contributed by atoms with Gasteiger partial charge in [-0.1, -0.05) is 45.5 Å². The molecule has 2 saturated heterocycles. The van der Waals surface area contributed by atoms with Crippen LogP contribution >= 0.6 is 0 Å². The summed E-state index contributed by atoms with van der Waals surface area (Å²) in [5, 5.41) is 6.34. The van der Waals surface area contributed by atoms with Crippen molar-refractivity contribution >= 4 is 35.2 Å². The van der Waals surface area contributed by atoms with Crippen molar-refractivity contribution < 1.29 is 4.79 Å². The smallest absolute Gasteiger partial charge is 0.255 e. The Morgan fingerprint density at radius 1 is 1.07 bits per heavy atom. The molecule has 5 rings (SSSR count). The first-order valence-corrected chi connectivity index (χ1v) is 16.3. The number of piperidine rings is 1. The first-order valence-electron chi connectivity index (χ1n) is 16.3. The lowest BCUT2D eigenvalue weighted by molar-refractivity contribution is 0.102. The van der Waals surface area contributed by atoms with E-state index in [-0.39, 0.29) is 11.3 Å². The van der Waals surface area contributed by atoms with Gasteiger partial charge in [-0.05, 0) is 86.6 Å². The van der Waals surface area contributed by atoms with Crippen LogP contribution in [0.1, 0.15) is 55.1 Å². The second-order valence-electron chi connectivity index (χ2n) is 13.6. The highest BCUT2D eigenvalue weighted by Crippen LogP contribution is 2.26. The first kappa shape index (κ1) is 33.1. The molecule has 0 unspecified atom stereocenters. The topological polar surface area (TPSA) is 114 Å². The lowest BCUT2D eigenvalue weighted by atomic mass is 9.87. The van der Waals surface area contributed by atoms with E-state index in [9.17, 15) is 4.79 Å². The van der Waals surface area contributed by atoms with Gasteiger partial charge < -0.3 is 26.2 Å². The van der Waals surface area contributed by atoms with E-state index in [0.717, 1.165) is 55.5 Å². The van der Waals surface area contributed by atoms with Gasteiger partial charge in [-0.3, -0.25) is 14.7 Å². The van der Waals surface area contributed by atoms with Crippen LogP contribution in [0.15, 0.2) is 81.7 Å². The van der Waals surface area contributed by atoms with Gasteiger partial charge >= 0.3 is 0 Å². The third-order valence-corrected chi connectivity index (χ3v) is 9.01. The van der Waals surface area contributed by atoms with Crippen LogP contribution in [-0.4, -0.2) is 91.4 Å². The molecule has 2 aromatic rings. The molecule has 3 aliphatic heterocycles. The fourth-order valence-corrected chi connectivity index (χ4v) is 6.02. The average molecular weight is 624 g/mol. The van der Waals surface area contributed by atoms with Crippen LogP contribution in [0.5, 0.6) is 0 Å². The number of allylic oxidation sites excluding steroid dienone is 1. The SMILES string of the molecule is C=C/N=C1/C=NC(N2CCN(CC3CCN(C)CC3)CC2)=N/C1=C(/N)Nc1cc(C(=O)Nc2cccc(C(C)(C)C)c2)ccc1C. The monoisotopic (exact) mass is 623 g/mol. The van der Waals surface area contributed by atoms with Gasteiger partial charge in [0, 0.05) is 55.9 Å². The summed E-state index contributed by atoms with van der Waals surface area (Å²) in [6, 6.07) is 13.5. The van der Waals surface area contributed by atoms with Crippen molar-refractivity contribution in [2.45, 2.75) is 46.0 Å². The zero-order chi connectivity index (χ0) is 32.8. The molecule has 0 radical (unpaired) electrons. The van der Waals surface area contributed by atoms with E-state index in [1.165, 1.54) is 32.1 Å². The molecule has 10 heteroatoms. The van der Waals surface area contributed by atoms with Crippen molar-refractivity contribution in [2.75, 3.05) is 63.5 Å². The Hall–Kier alpha value is -4.28. The quantitative estimate of drug-likeness (QED) is 0.397. The minimum atomic E-state index is -0.200. The van der Waals surface area contributed by atoms with Gasteiger partial charge in [0.15, 0.2) is 0 Å². The molecular formula is C36H49N9O. The van der Waals surface area contributed by atoms with Crippen LogP contribution in [0.25, 0.3) is 0 Å². The molecule has 10 nitrogen and oxygen atoms in total. The summed E-state index contributed by atoms with van der Waals surface area (Å²) in [5.41, 5.74) is 11.7. The minimum Gasteiger partial charge on any atom is -0.383 e. The highest BCUT2D eigenvalue weighted by molar-refractivity contribution is 6.41. The number of nitrogens with one attached hydrogen (secondary N) is 2. The van der Waals surface area contributed by atoms with Crippen molar-refractivity contribution in [3.05, 3.63) is 83.5 Å². The van der Waals surface area contributed by atoms with E-state index < -0.39 is 0 Å². The van der Waals surface area contributed by atoms with E-state index in [1.807, 2.05) is 37.3 Å². The lowest BCUT2D eigenvalue weighted by Crippen LogP contribution is -2.50. The zero-order valence-corrected chi connectivity index (χ0v) is 28.0. The molecule has 0 spiro atoms. The number of carbonyl (C=O) groups is 1. The summed E-state index contributed by atoms with van der Waals surface area (Å²) in [4.78, 5) is 34.4. The van der Waals surface area contributed by atoms with Crippen LogP contribution in [0.2, 0.25) is 0 Å². The first-order chi connectivity index (χ1) is 22.0. The van der Waals surface area contributed by atoms with Gasteiger partial charge in [0.25, 0.3) is 5.91 Å². The van der Waals surface area contributed by atoms with Gasteiger partial charge in [0.1, 0.15) is 17.2 Å². The maximum Gasteiger partial charge on any atom is 0.255 e. The molecule has 46 heavy (non-hydrogen) atoms. The molecule has 0 bridgehead atoms. The summed E-state index contributed by atoms with van der Waals surface area (Å²) in [7, 11) is 2.21. The number of rotatable bonds is 7. The Bertz CT molecular complexity index is 1550. The van der Waals surface area contributed by atoms with Crippen molar-refractivity contribution in [3.8, 4) is 0 Å². The van der Waals surface area contributed by atoms with Gasteiger partial charge in [-0.15, -0.1) is 0 Å². The highest BCUT2D eigenvalue weighted by atomic mass is 16.1. The number of anilines is 2. The number of amides is 1. The Morgan fingerprint density at radius 3 is 2.50 bits per heavy atom. The Labute approximate surface area is 273 Å². The summed E-state index contributed by atoms with van der Waals surface area (Å²) < 4.78 is 0. The van der Waals surface area contributed by atoms with Gasteiger partial charge in [0.05, 0.1) is 6.21 Å². The van der Waals surface area contributed by atoms with Gasteiger partial charge in [-0.25, -0.2) is 9.98 Å². The molecule has 4 N–H and O–H groups in total. The van der Waals surface area contributed by atoms with E-state index in [0.29, 0.717) is 34.4 Å². The average Bonchev–Trinajstić information content (AvgIpc) is 3.03. The normalized spacial score (nSPS) is 20.4. The standard InChI is InChI=1S/C36H49N9O/c1-7-38-31-23-39-35(45-19-17-44(18-20-45)24-26-13-15-43(6)16-14-26)42-32(31)33(37)41-30-21-27(12-11-25(30)2)34(46)40-29-10-8-9-28(22-29)36(3,4)5/h7-12,21-23,26,41H,1,13-20,24,37H2,2-6H3,(H,40,46)/b33-32-,38-31-. The number of aryl methyl sites for hydroxylation is 1. The largest absolute Gasteiger partial charge is 0.383 e. The molecule has 0 aliphatic carbocycles. The zero-order valence-electron chi connectivity index (χ0n) is 28.0. The molecule has 2 fully saturated rings. The highest BCUT2D eigenvalue weighted by Gasteiger charge is 2.26. The molecule has 2 aromatic carbocycles. The minimum absolute atomic E-state index is 0.0206. The fraction of sp³-hybridized carbons (Fsp3) is 0.444. The lowest BCUT2D eigenvalue weighted by Gasteiger charge is -2.38. The number of likely N-dealkylation sites (tertiary alicyclic amines) is 1. The number of benzene rings is 2. The Kier molecular flexibility index (Phi) is 10.4. The van der Waals surface area contributed by atoms with Crippen LogP contribution in [-0.2, 0) is 5.41 Å². The molecule has 1 amide bonds. The number of hydrogen-bond acceptors (Lipinski definition) is 9. The van der Waals surface area contributed by atoms with Crippen molar-refractivity contribution in [1.82, 2.24) is 14.7 Å². The number of nitrogens with zero attached hydrogens (tertiary/aromatic N) is 6. The van der Waals surface area contributed by atoms with Crippen LogP contribution in [0.4, 0.5) is 11.4 Å². The maximum atomic E-state index is 13.3. The number of guanidine groups is 1. The van der Waals surface area contributed by atoms with Crippen molar-refractivity contribution in [3.63, 3.8) is 0 Å². The van der Waals surface area contributed by atoms with Gasteiger partial charge in [-0.2, -0.15) is 0 Å². The van der Waals surface area contributed by atoms with E-state index in [1.54, 1.807) is 12.3 Å². The van der Waals surface area contributed by atoms with Gasteiger partial charge in [0.2, 0.25) is 5.96 Å². The van der Waals surface area contributed by atoms with E-state index >= 15 is 0 Å². The molecule has 244 valence electrons. The van der Waals surface area contributed by atoms with E-state index in [4.69, 9.17) is 10.7 Å². The number of aliphatic imine (C=N–C) groups is 3. The maximum absolute atomic E-state index is 13.3. The van der Waals surface area contributed by atoms with Crippen molar-refractivity contribution in [1.29, 1.82) is 0 Å². The third kappa shape index (κ3) is 8.30. The number of hydrogen-bond donors (Lipinski definition) is 3. The molecular weight excluding hydrogens is 574 g/mol. The van der Waals surface area contributed by atoms with Crippen LogP contribution in [0, 0.1) is 12.8 Å². The molecule has 0 aromatic heterocycles. The van der Waals surface area contributed by atoms with Crippen LogP contribution in [0.3, 0.4) is 0 Å². The molecule has 0 atom stereocenters. The molecule has 3 aliphatic rings.